The molecule has 1 heterocycles. The second kappa shape index (κ2) is 8.35. The standard InChI is InChI=1S/C20H20N2O5/c1-22(20(25)27-13-14-5-3-2-4-6-14)16-9-7-15(8-10-16)18(23)21-17-11-12-26-19(17)24/h2-10,17H,11-13H2,1H3,(H,21,23)/t17-/m0/s1. The van der Waals surface area contributed by atoms with Crippen LogP contribution in [0.1, 0.15) is 22.3 Å². The van der Waals surface area contributed by atoms with Gasteiger partial charge in [0, 0.05) is 24.7 Å². The summed E-state index contributed by atoms with van der Waals surface area (Å²) in [5, 5.41) is 2.64. The molecule has 1 atom stereocenters. The molecule has 1 saturated heterocycles. The van der Waals surface area contributed by atoms with Gasteiger partial charge in [-0.05, 0) is 29.8 Å². The average Bonchev–Trinajstić information content (AvgIpc) is 3.11. The zero-order chi connectivity index (χ0) is 19.2. The summed E-state index contributed by atoms with van der Waals surface area (Å²) in [6.07, 6.45) is -0.0247. The molecule has 0 aliphatic carbocycles. The second-order valence-electron chi connectivity index (χ2n) is 6.13. The SMILES string of the molecule is CN(C(=O)OCc1ccccc1)c1ccc(C(=O)N[C@H]2CCOC2=O)cc1. The highest BCUT2D eigenvalue weighted by atomic mass is 16.6. The fourth-order valence-corrected chi connectivity index (χ4v) is 2.63. The maximum atomic E-state index is 12.2. The van der Waals surface area contributed by atoms with Crippen molar-refractivity contribution < 1.29 is 23.9 Å². The van der Waals surface area contributed by atoms with Gasteiger partial charge in [-0.2, -0.15) is 0 Å². The van der Waals surface area contributed by atoms with Crippen LogP contribution in [0.5, 0.6) is 0 Å². The van der Waals surface area contributed by atoms with Gasteiger partial charge in [-0.25, -0.2) is 9.59 Å². The van der Waals surface area contributed by atoms with Crippen LogP contribution < -0.4 is 10.2 Å². The van der Waals surface area contributed by atoms with Crippen LogP contribution in [0.4, 0.5) is 10.5 Å². The van der Waals surface area contributed by atoms with Gasteiger partial charge in [0.1, 0.15) is 12.6 Å². The van der Waals surface area contributed by atoms with Gasteiger partial charge in [0.05, 0.1) is 6.61 Å². The van der Waals surface area contributed by atoms with Crippen LogP contribution in [-0.2, 0) is 20.9 Å². The number of hydrogen-bond donors (Lipinski definition) is 1. The summed E-state index contributed by atoms with van der Waals surface area (Å²) in [6, 6.07) is 15.3. The van der Waals surface area contributed by atoms with Crippen molar-refractivity contribution in [2.75, 3.05) is 18.6 Å². The maximum absolute atomic E-state index is 12.2. The Balaban J connectivity index is 1.56. The average molecular weight is 368 g/mol. The first kappa shape index (κ1) is 18.4. The number of cyclic esters (lactones) is 1. The van der Waals surface area contributed by atoms with Gasteiger partial charge in [-0.3, -0.25) is 9.69 Å². The molecule has 2 aromatic rings. The van der Waals surface area contributed by atoms with Crippen molar-refractivity contribution >= 4 is 23.7 Å². The largest absolute Gasteiger partial charge is 0.464 e. The van der Waals surface area contributed by atoms with E-state index in [1.165, 1.54) is 4.90 Å². The van der Waals surface area contributed by atoms with Crippen molar-refractivity contribution in [3.8, 4) is 0 Å². The Kier molecular flexibility index (Phi) is 5.71. The molecule has 3 rings (SSSR count). The van der Waals surface area contributed by atoms with E-state index in [1.54, 1.807) is 31.3 Å². The van der Waals surface area contributed by atoms with E-state index in [9.17, 15) is 14.4 Å². The van der Waals surface area contributed by atoms with Gasteiger partial charge in [0.25, 0.3) is 5.91 Å². The molecule has 0 unspecified atom stereocenters. The highest BCUT2D eigenvalue weighted by Crippen LogP contribution is 2.16. The van der Waals surface area contributed by atoms with Gasteiger partial charge in [-0.15, -0.1) is 0 Å². The minimum atomic E-state index is -0.604. The zero-order valence-electron chi connectivity index (χ0n) is 14.9. The summed E-state index contributed by atoms with van der Waals surface area (Å²) in [4.78, 5) is 37.2. The van der Waals surface area contributed by atoms with Crippen LogP contribution in [0.15, 0.2) is 54.6 Å². The predicted molar refractivity (Wildman–Crippen MR) is 98.3 cm³/mol. The molecule has 1 aliphatic heterocycles. The molecular formula is C20H20N2O5. The molecule has 2 aromatic carbocycles. The van der Waals surface area contributed by atoms with E-state index in [0.717, 1.165) is 5.56 Å². The number of anilines is 1. The topological polar surface area (TPSA) is 84.9 Å². The van der Waals surface area contributed by atoms with Crippen molar-refractivity contribution in [2.45, 2.75) is 19.1 Å². The monoisotopic (exact) mass is 368 g/mol. The Morgan fingerprint density at radius 2 is 1.85 bits per heavy atom. The molecule has 0 aromatic heterocycles. The molecule has 2 amide bonds. The quantitative estimate of drug-likeness (QED) is 0.820. The van der Waals surface area contributed by atoms with Crippen LogP contribution in [0, 0.1) is 0 Å². The van der Waals surface area contributed by atoms with Crippen molar-refractivity contribution in [2.24, 2.45) is 0 Å². The summed E-state index contributed by atoms with van der Waals surface area (Å²) < 4.78 is 10.1. The number of nitrogens with one attached hydrogen (secondary N) is 1. The lowest BCUT2D eigenvalue weighted by molar-refractivity contribution is -0.139. The van der Waals surface area contributed by atoms with E-state index in [1.807, 2.05) is 30.3 Å². The van der Waals surface area contributed by atoms with Crippen molar-refractivity contribution in [3.63, 3.8) is 0 Å². The van der Waals surface area contributed by atoms with Gasteiger partial charge < -0.3 is 14.8 Å². The summed E-state index contributed by atoms with van der Waals surface area (Å²) in [6.45, 7) is 0.501. The van der Waals surface area contributed by atoms with E-state index in [2.05, 4.69) is 5.32 Å². The third-order valence-corrected chi connectivity index (χ3v) is 4.24. The second-order valence-corrected chi connectivity index (χ2v) is 6.13. The van der Waals surface area contributed by atoms with Gasteiger partial charge in [0.15, 0.2) is 0 Å². The number of nitrogens with zero attached hydrogens (tertiary/aromatic N) is 1. The molecule has 0 spiro atoms. The number of esters is 1. The lowest BCUT2D eigenvalue weighted by atomic mass is 10.1. The molecule has 7 nitrogen and oxygen atoms in total. The third-order valence-electron chi connectivity index (χ3n) is 4.24. The lowest BCUT2D eigenvalue weighted by Crippen LogP contribution is -2.37. The first-order chi connectivity index (χ1) is 13.0. The van der Waals surface area contributed by atoms with E-state index in [-0.39, 0.29) is 12.5 Å². The Morgan fingerprint density at radius 1 is 1.15 bits per heavy atom. The van der Waals surface area contributed by atoms with Crippen molar-refractivity contribution in [1.29, 1.82) is 0 Å². The zero-order valence-corrected chi connectivity index (χ0v) is 14.9. The van der Waals surface area contributed by atoms with Gasteiger partial charge in [-0.1, -0.05) is 30.3 Å². The summed E-state index contributed by atoms with van der Waals surface area (Å²) in [5.41, 5.74) is 1.88. The predicted octanol–water partition coefficient (Wildman–Crippen LogP) is 2.50. The van der Waals surface area contributed by atoms with Crippen LogP contribution >= 0.6 is 0 Å². The summed E-state index contributed by atoms with van der Waals surface area (Å²) >= 11 is 0. The summed E-state index contributed by atoms with van der Waals surface area (Å²) in [5.74, 6) is -0.777. The summed E-state index contributed by atoms with van der Waals surface area (Å²) in [7, 11) is 1.59. The molecule has 27 heavy (non-hydrogen) atoms. The lowest BCUT2D eigenvalue weighted by Gasteiger charge is -2.17. The van der Waals surface area contributed by atoms with E-state index in [0.29, 0.717) is 24.3 Å². The van der Waals surface area contributed by atoms with Crippen LogP contribution in [-0.4, -0.2) is 37.7 Å². The Bertz CT molecular complexity index is 820. The fraction of sp³-hybridized carbons (Fsp3) is 0.250. The minimum absolute atomic E-state index is 0.183. The smallest absolute Gasteiger partial charge is 0.414 e. The number of amides is 2. The molecule has 0 saturated carbocycles. The van der Waals surface area contributed by atoms with Crippen LogP contribution in [0.3, 0.4) is 0 Å². The number of benzene rings is 2. The van der Waals surface area contributed by atoms with E-state index in [4.69, 9.17) is 9.47 Å². The highest BCUT2D eigenvalue weighted by Gasteiger charge is 2.28. The van der Waals surface area contributed by atoms with Crippen molar-refractivity contribution in [1.82, 2.24) is 5.32 Å². The highest BCUT2D eigenvalue weighted by molar-refractivity contribution is 5.97. The fourth-order valence-electron chi connectivity index (χ4n) is 2.63. The van der Waals surface area contributed by atoms with Gasteiger partial charge >= 0.3 is 12.1 Å². The minimum Gasteiger partial charge on any atom is -0.464 e. The first-order valence-electron chi connectivity index (χ1n) is 8.56. The Hall–Kier alpha value is -3.35. The van der Waals surface area contributed by atoms with Gasteiger partial charge in [0.2, 0.25) is 0 Å². The number of carbonyl (C=O) groups excluding carboxylic acids is 3. The molecule has 1 fully saturated rings. The number of hydrogen-bond acceptors (Lipinski definition) is 5. The molecule has 140 valence electrons. The Morgan fingerprint density at radius 3 is 2.48 bits per heavy atom. The van der Waals surface area contributed by atoms with Crippen LogP contribution in [0.2, 0.25) is 0 Å². The van der Waals surface area contributed by atoms with Crippen LogP contribution in [0.25, 0.3) is 0 Å². The molecule has 7 heteroatoms. The maximum Gasteiger partial charge on any atom is 0.414 e. The molecular weight excluding hydrogens is 348 g/mol. The first-order valence-corrected chi connectivity index (χ1v) is 8.56. The van der Waals surface area contributed by atoms with Crippen molar-refractivity contribution in [3.05, 3.63) is 65.7 Å². The van der Waals surface area contributed by atoms with E-state index >= 15 is 0 Å². The van der Waals surface area contributed by atoms with E-state index < -0.39 is 18.1 Å². The molecule has 0 radical (unpaired) electrons. The Labute approximate surface area is 156 Å². The molecule has 0 bridgehead atoms. The third kappa shape index (κ3) is 4.63. The number of ether oxygens (including phenoxy) is 2. The number of carbonyl (C=O) groups is 3. The number of rotatable bonds is 5. The molecule has 1 aliphatic rings. The molecule has 1 N–H and O–H groups in total. The normalized spacial score (nSPS) is 15.7.